The molecule has 1 aliphatic carbocycles. The number of nitrogens with zero attached hydrogens (tertiary/aromatic N) is 1. The van der Waals surface area contributed by atoms with Crippen molar-refractivity contribution in [2.24, 2.45) is 0 Å². The van der Waals surface area contributed by atoms with E-state index >= 15 is 0 Å². The van der Waals surface area contributed by atoms with Gasteiger partial charge < -0.3 is 10.0 Å². The molecule has 2 aromatic rings. The Balaban J connectivity index is 1.80. The van der Waals surface area contributed by atoms with Gasteiger partial charge in [-0.3, -0.25) is 0 Å². The van der Waals surface area contributed by atoms with Gasteiger partial charge in [-0.05, 0) is 67.5 Å². The van der Waals surface area contributed by atoms with Crippen molar-refractivity contribution in [2.75, 3.05) is 4.90 Å². The molecule has 0 bridgehead atoms. The van der Waals surface area contributed by atoms with Crippen LogP contribution in [0.15, 0.2) is 71.9 Å². The Hall–Kier alpha value is -2.81. The number of anilines is 1. The lowest BCUT2D eigenvalue weighted by Gasteiger charge is -2.37. The van der Waals surface area contributed by atoms with E-state index in [1.807, 2.05) is 18.2 Å². The summed E-state index contributed by atoms with van der Waals surface area (Å²) in [5, 5.41) is 9.17. The van der Waals surface area contributed by atoms with Gasteiger partial charge in [0.1, 0.15) is 0 Å². The van der Waals surface area contributed by atoms with E-state index in [1.54, 1.807) is 12.1 Å². The van der Waals surface area contributed by atoms with E-state index in [2.05, 4.69) is 35.2 Å². The van der Waals surface area contributed by atoms with E-state index in [0.717, 1.165) is 24.9 Å². The molecule has 0 spiro atoms. The molecule has 0 saturated heterocycles. The molecular formula is C22H21NO2. The predicted molar refractivity (Wildman–Crippen MR) is 100 cm³/mol. The Kier molecular flexibility index (Phi) is 4.14. The maximum absolute atomic E-state index is 11.2. The first-order valence-electron chi connectivity index (χ1n) is 8.84. The summed E-state index contributed by atoms with van der Waals surface area (Å²) >= 11 is 0. The number of carbonyl (C=O) groups is 1. The van der Waals surface area contributed by atoms with Crippen molar-refractivity contribution in [1.82, 2.24) is 0 Å². The fraction of sp³-hybridized carbons (Fsp3) is 0.227. The molecule has 0 amide bonds. The Morgan fingerprint density at radius 3 is 2.36 bits per heavy atom. The van der Waals surface area contributed by atoms with Crippen LogP contribution >= 0.6 is 0 Å². The van der Waals surface area contributed by atoms with Crippen molar-refractivity contribution in [3.05, 3.63) is 83.1 Å². The number of hydrogen-bond acceptors (Lipinski definition) is 2. The second kappa shape index (κ2) is 6.60. The van der Waals surface area contributed by atoms with Gasteiger partial charge in [-0.1, -0.05) is 36.4 Å². The lowest BCUT2D eigenvalue weighted by molar-refractivity contribution is 0.0697. The molecule has 1 heterocycles. The number of aromatic carboxylic acids is 1. The molecular weight excluding hydrogens is 310 g/mol. The van der Waals surface area contributed by atoms with Crippen LogP contribution in [-0.4, -0.2) is 11.1 Å². The molecule has 126 valence electrons. The van der Waals surface area contributed by atoms with Crippen LogP contribution in [0.4, 0.5) is 5.69 Å². The van der Waals surface area contributed by atoms with Gasteiger partial charge in [0.2, 0.25) is 0 Å². The second-order valence-corrected chi connectivity index (χ2v) is 6.60. The van der Waals surface area contributed by atoms with Crippen molar-refractivity contribution in [3.8, 4) is 0 Å². The summed E-state index contributed by atoms with van der Waals surface area (Å²) in [6.07, 6.45) is 8.05. The van der Waals surface area contributed by atoms with E-state index in [0.29, 0.717) is 5.56 Å². The van der Waals surface area contributed by atoms with Crippen LogP contribution in [0, 0.1) is 0 Å². The molecule has 1 aliphatic heterocycles. The minimum Gasteiger partial charge on any atom is -0.478 e. The molecule has 3 nitrogen and oxygen atoms in total. The van der Waals surface area contributed by atoms with Gasteiger partial charge in [-0.25, -0.2) is 4.79 Å². The lowest BCUT2D eigenvalue weighted by atomic mass is 9.88. The molecule has 0 fully saturated rings. The number of allylic oxidation sites excluding steroid dienone is 3. The maximum atomic E-state index is 11.2. The topological polar surface area (TPSA) is 40.5 Å². The van der Waals surface area contributed by atoms with Gasteiger partial charge in [-0.2, -0.15) is 0 Å². The fourth-order valence-corrected chi connectivity index (χ4v) is 3.80. The van der Waals surface area contributed by atoms with Crippen LogP contribution in [0.1, 0.15) is 48.0 Å². The first kappa shape index (κ1) is 15.7. The van der Waals surface area contributed by atoms with Gasteiger partial charge in [0.15, 0.2) is 0 Å². The molecule has 2 aromatic carbocycles. The van der Waals surface area contributed by atoms with Crippen LogP contribution in [0.3, 0.4) is 0 Å². The monoisotopic (exact) mass is 331 g/mol. The Labute approximate surface area is 147 Å². The SMILES string of the molecule is O=C(O)c1ccc(N2C(c3ccccc3)=CCC3=C2CCCC3)cc1. The number of carboxylic acid groups (broad SMARTS) is 1. The highest BCUT2D eigenvalue weighted by Gasteiger charge is 2.26. The summed E-state index contributed by atoms with van der Waals surface area (Å²) in [6, 6.07) is 17.7. The van der Waals surface area contributed by atoms with Gasteiger partial charge in [-0.15, -0.1) is 0 Å². The third-order valence-electron chi connectivity index (χ3n) is 5.04. The zero-order chi connectivity index (χ0) is 17.2. The minimum absolute atomic E-state index is 0.323. The van der Waals surface area contributed by atoms with Gasteiger partial charge in [0.05, 0.1) is 5.56 Å². The van der Waals surface area contributed by atoms with E-state index in [4.69, 9.17) is 5.11 Å². The van der Waals surface area contributed by atoms with E-state index in [1.165, 1.54) is 35.4 Å². The number of carboxylic acids is 1. The molecule has 0 aromatic heterocycles. The minimum atomic E-state index is -0.887. The quantitative estimate of drug-likeness (QED) is 0.811. The predicted octanol–water partition coefficient (Wildman–Crippen LogP) is 5.46. The van der Waals surface area contributed by atoms with E-state index in [-0.39, 0.29) is 0 Å². The number of rotatable bonds is 3. The van der Waals surface area contributed by atoms with Crippen molar-refractivity contribution in [3.63, 3.8) is 0 Å². The van der Waals surface area contributed by atoms with Crippen molar-refractivity contribution >= 4 is 17.4 Å². The summed E-state index contributed by atoms with van der Waals surface area (Å²) < 4.78 is 0. The standard InChI is InChI=1S/C22H21NO2/c24-22(25)18-10-13-19(14-11-18)23-20-9-5-4-8-17(20)12-15-21(23)16-6-2-1-3-7-16/h1-3,6-7,10-11,13-15H,4-5,8-9,12H2,(H,24,25). The molecule has 0 atom stereocenters. The molecule has 4 rings (SSSR count). The molecule has 25 heavy (non-hydrogen) atoms. The summed E-state index contributed by atoms with van der Waals surface area (Å²) in [4.78, 5) is 13.5. The van der Waals surface area contributed by atoms with Crippen LogP contribution in [0.25, 0.3) is 5.70 Å². The number of hydrogen-bond donors (Lipinski definition) is 1. The van der Waals surface area contributed by atoms with Crippen LogP contribution in [-0.2, 0) is 0 Å². The molecule has 3 heteroatoms. The zero-order valence-electron chi connectivity index (χ0n) is 14.1. The first-order valence-corrected chi connectivity index (χ1v) is 8.84. The average molecular weight is 331 g/mol. The smallest absolute Gasteiger partial charge is 0.335 e. The Morgan fingerprint density at radius 1 is 0.920 bits per heavy atom. The van der Waals surface area contributed by atoms with E-state index in [9.17, 15) is 4.79 Å². The third-order valence-corrected chi connectivity index (χ3v) is 5.04. The lowest BCUT2D eigenvalue weighted by Crippen LogP contribution is -2.27. The summed E-state index contributed by atoms with van der Waals surface area (Å²) in [5.74, 6) is -0.887. The van der Waals surface area contributed by atoms with Crippen molar-refractivity contribution in [1.29, 1.82) is 0 Å². The Morgan fingerprint density at radius 2 is 1.64 bits per heavy atom. The van der Waals surface area contributed by atoms with Gasteiger partial charge in [0.25, 0.3) is 0 Å². The van der Waals surface area contributed by atoms with E-state index < -0.39 is 5.97 Å². The Bertz CT molecular complexity index is 847. The molecule has 0 unspecified atom stereocenters. The van der Waals surface area contributed by atoms with Gasteiger partial charge >= 0.3 is 5.97 Å². The normalized spacial score (nSPS) is 17.1. The van der Waals surface area contributed by atoms with Crippen molar-refractivity contribution < 1.29 is 9.90 Å². The summed E-state index contributed by atoms with van der Waals surface area (Å²) in [5.41, 5.74) is 6.67. The summed E-state index contributed by atoms with van der Waals surface area (Å²) in [6.45, 7) is 0. The summed E-state index contributed by atoms with van der Waals surface area (Å²) in [7, 11) is 0. The highest BCUT2D eigenvalue weighted by atomic mass is 16.4. The highest BCUT2D eigenvalue weighted by Crippen LogP contribution is 2.41. The average Bonchev–Trinajstić information content (AvgIpc) is 2.68. The molecule has 2 aliphatic rings. The fourth-order valence-electron chi connectivity index (χ4n) is 3.80. The van der Waals surface area contributed by atoms with Crippen molar-refractivity contribution in [2.45, 2.75) is 32.1 Å². The van der Waals surface area contributed by atoms with Crippen LogP contribution in [0.2, 0.25) is 0 Å². The second-order valence-electron chi connectivity index (χ2n) is 6.60. The molecule has 0 radical (unpaired) electrons. The first-order chi connectivity index (χ1) is 12.2. The van der Waals surface area contributed by atoms with Crippen LogP contribution in [0.5, 0.6) is 0 Å². The third kappa shape index (κ3) is 2.98. The largest absolute Gasteiger partial charge is 0.478 e. The highest BCUT2D eigenvalue weighted by molar-refractivity contribution is 5.89. The maximum Gasteiger partial charge on any atom is 0.335 e. The van der Waals surface area contributed by atoms with Crippen LogP contribution < -0.4 is 4.90 Å². The number of benzene rings is 2. The van der Waals surface area contributed by atoms with Gasteiger partial charge in [0, 0.05) is 17.1 Å². The zero-order valence-corrected chi connectivity index (χ0v) is 14.1. The molecule has 0 saturated carbocycles. The molecule has 1 N–H and O–H groups in total.